The number of anilines is 1. The molecule has 1 aliphatic heterocycles. The Morgan fingerprint density at radius 2 is 1.87 bits per heavy atom. The summed E-state index contributed by atoms with van der Waals surface area (Å²) in [6.45, 7) is 6.59. The number of aromatic nitrogens is 1. The lowest BCUT2D eigenvalue weighted by molar-refractivity contribution is 0.354. The zero-order valence-electron chi connectivity index (χ0n) is 19.2. The van der Waals surface area contributed by atoms with Crippen molar-refractivity contribution in [3.05, 3.63) is 47.7 Å². The highest BCUT2D eigenvalue weighted by Crippen LogP contribution is 2.27. The summed E-state index contributed by atoms with van der Waals surface area (Å²) in [5.41, 5.74) is 2.38. The van der Waals surface area contributed by atoms with Crippen LogP contribution in [0.5, 0.6) is 11.5 Å². The van der Waals surface area contributed by atoms with Crippen molar-refractivity contribution in [1.29, 1.82) is 0 Å². The summed E-state index contributed by atoms with van der Waals surface area (Å²) in [7, 11) is 5.39. The number of hydrogen-bond acceptors (Lipinski definition) is 5. The van der Waals surface area contributed by atoms with Gasteiger partial charge in [0.1, 0.15) is 5.82 Å². The molecule has 1 saturated heterocycles. The van der Waals surface area contributed by atoms with E-state index in [0.717, 1.165) is 55.9 Å². The fraction of sp³-hybridized carbons (Fsp3) is 0.500. The number of aliphatic imine (C=N–C) groups is 1. The van der Waals surface area contributed by atoms with E-state index in [1.54, 1.807) is 14.2 Å². The topological polar surface area (TPSA) is 62.2 Å². The Morgan fingerprint density at radius 3 is 2.58 bits per heavy atom. The van der Waals surface area contributed by atoms with Gasteiger partial charge < -0.3 is 24.6 Å². The van der Waals surface area contributed by atoms with E-state index in [-0.39, 0.29) is 0 Å². The zero-order valence-corrected chi connectivity index (χ0v) is 19.2. The fourth-order valence-corrected chi connectivity index (χ4v) is 3.75. The first kappa shape index (κ1) is 22.7. The van der Waals surface area contributed by atoms with Crippen molar-refractivity contribution in [1.82, 2.24) is 15.2 Å². The van der Waals surface area contributed by atoms with Crippen molar-refractivity contribution < 1.29 is 9.47 Å². The van der Waals surface area contributed by atoms with Gasteiger partial charge in [-0.15, -0.1) is 0 Å². The van der Waals surface area contributed by atoms with Crippen LogP contribution in [0.1, 0.15) is 30.9 Å². The van der Waals surface area contributed by atoms with E-state index in [1.165, 1.54) is 24.0 Å². The molecule has 1 aromatic heterocycles. The number of methoxy groups -OCH3 is 2. The monoisotopic (exact) mass is 425 g/mol. The van der Waals surface area contributed by atoms with Crippen LogP contribution in [0.4, 0.5) is 5.82 Å². The van der Waals surface area contributed by atoms with Gasteiger partial charge in [-0.25, -0.2) is 9.98 Å². The Labute approximate surface area is 186 Å². The second-order valence-electron chi connectivity index (χ2n) is 7.75. The van der Waals surface area contributed by atoms with E-state index in [1.807, 2.05) is 18.3 Å². The van der Waals surface area contributed by atoms with Crippen LogP contribution in [0.15, 0.2) is 41.5 Å². The Balaban J connectivity index is 1.62. The third kappa shape index (κ3) is 6.26. The molecule has 3 rings (SSSR count). The smallest absolute Gasteiger partial charge is 0.193 e. The molecule has 7 nitrogen and oxygen atoms in total. The summed E-state index contributed by atoms with van der Waals surface area (Å²) in [6, 6.07) is 10.3. The van der Waals surface area contributed by atoms with Crippen molar-refractivity contribution in [2.45, 2.75) is 32.7 Å². The highest BCUT2D eigenvalue weighted by Gasteiger charge is 2.14. The maximum Gasteiger partial charge on any atom is 0.193 e. The number of guanidine groups is 1. The van der Waals surface area contributed by atoms with Gasteiger partial charge in [0.25, 0.3) is 0 Å². The standard InChI is InChI=1S/C24H35N5O2/c1-5-25-24(27-18-20-10-12-26-23(17-20)29-13-6-7-14-29)28(2)15-11-19-8-9-21(30-3)22(16-19)31-4/h8-10,12,16-17H,5-7,11,13-15,18H2,1-4H3,(H,25,27). The molecule has 2 aromatic rings. The van der Waals surface area contributed by atoms with Gasteiger partial charge in [0.2, 0.25) is 0 Å². The number of nitrogens with one attached hydrogen (secondary N) is 1. The number of hydrogen-bond donors (Lipinski definition) is 1. The summed E-state index contributed by atoms with van der Waals surface area (Å²) < 4.78 is 10.8. The van der Waals surface area contributed by atoms with Gasteiger partial charge in [0.15, 0.2) is 17.5 Å². The van der Waals surface area contributed by atoms with Crippen LogP contribution in [0, 0.1) is 0 Å². The van der Waals surface area contributed by atoms with Gasteiger partial charge in [0, 0.05) is 39.4 Å². The van der Waals surface area contributed by atoms with Crippen LogP contribution in [0.3, 0.4) is 0 Å². The van der Waals surface area contributed by atoms with Gasteiger partial charge in [-0.1, -0.05) is 6.07 Å². The predicted octanol–water partition coefficient (Wildman–Crippen LogP) is 3.34. The molecule has 2 heterocycles. The minimum Gasteiger partial charge on any atom is -0.493 e. The number of nitrogens with zero attached hydrogens (tertiary/aromatic N) is 4. The third-order valence-corrected chi connectivity index (χ3v) is 5.53. The molecule has 0 spiro atoms. The van der Waals surface area contributed by atoms with Crippen molar-refractivity contribution in [2.24, 2.45) is 4.99 Å². The maximum atomic E-state index is 5.42. The molecule has 0 atom stereocenters. The average molecular weight is 426 g/mol. The third-order valence-electron chi connectivity index (χ3n) is 5.53. The van der Waals surface area contributed by atoms with Gasteiger partial charge in [-0.05, 0) is 61.6 Å². The molecule has 1 aliphatic rings. The normalized spacial score (nSPS) is 13.9. The van der Waals surface area contributed by atoms with Crippen LogP contribution in [0.2, 0.25) is 0 Å². The molecule has 168 valence electrons. The van der Waals surface area contributed by atoms with Gasteiger partial charge in [0.05, 0.1) is 20.8 Å². The van der Waals surface area contributed by atoms with E-state index >= 15 is 0 Å². The number of likely N-dealkylation sites (N-methyl/N-ethyl adjacent to an activating group) is 1. The Kier molecular flexibility index (Phi) is 8.38. The minimum atomic E-state index is 0.631. The van der Waals surface area contributed by atoms with E-state index < -0.39 is 0 Å². The van der Waals surface area contributed by atoms with Gasteiger partial charge in [-0.2, -0.15) is 0 Å². The van der Waals surface area contributed by atoms with E-state index in [2.05, 4.69) is 52.3 Å². The first-order valence-corrected chi connectivity index (χ1v) is 11.0. The minimum absolute atomic E-state index is 0.631. The molecule has 1 fully saturated rings. The summed E-state index contributed by atoms with van der Waals surface area (Å²) in [5, 5.41) is 3.40. The fourth-order valence-electron chi connectivity index (χ4n) is 3.75. The summed E-state index contributed by atoms with van der Waals surface area (Å²) in [5.74, 6) is 3.48. The largest absolute Gasteiger partial charge is 0.493 e. The molecule has 0 unspecified atom stereocenters. The SMILES string of the molecule is CCNC(=NCc1ccnc(N2CCCC2)c1)N(C)CCc1ccc(OC)c(OC)c1. The molecule has 0 radical (unpaired) electrons. The predicted molar refractivity (Wildman–Crippen MR) is 126 cm³/mol. The maximum absolute atomic E-state index is 5.42. The van der Waals surface area contributed by atoms with E-state index in [9.17, 15) is 0 Å². The average Bonchev–Trinajstić information content (AvgIpc) is 3.35. The summed E-state index contributed by atoms with van der Waals surface area (Å²) in [6.07, 6.45) is 5.28. The lowest BCUT2D eigenvalue weighted by atomic mass is 10.1. The molecule has 0 amide bonds. The molecule has 0 aliphatic carbocycles. The van der Waals surface area contributed by atoms with E-state index in [4.69, 9.17) is 14.5 Å². The molecule has 1 N–H and O–H groups in total. The molecule has 0 bridgehead atoms. The Bertz CT molecular complexity index is 865. The molecular weight excluding hydrogens is 390 g/mol. The van der Waals surface area contributed by atoms with Crippen molar-refractivity contribution >= 4 is 11.8 Å². The number of pyridine rings is 1. The molecular formula is C24H35N5O2. The Hall–Kier alpha value is -2.96. The zero-order chi connectivity index (χ0) is 22.1. The van der Waals surface area contributed by atoms with Crippen LogP contribution < -0.4 is 19.7 Å². The number of rotatable bonds is 9. The van der Waals surface area contributed by atoms with Crippen LogP contribution in [-0.2, 0) is 13.0 Å². The lowest BCUT2D eigenvalue weighted by Crippen LogP contribution is -2.39. The van der Waals surface area contributed by atoms with Crippen LogP contribution >= 0.6 is 0 Å². The molecule has 1 aromatic carbocycles. The van der Waals surface area contributed by atoms with Gasteiger partial charge >= 0.3 is 0 Å². The van der Waals surface area contributed by atoms with Crippen molar-refractivity contribution in [3.8, 4) is 11.5 Å². The first-order chi connectivity index (χ1) is 15.1. The lowest BCUT2D eigenvalue weighted by Gasteiger charge is -2.22. The molecule has 31 heavy (non-hydrogen) atoms. The quantitative estimate of drug-likeness (QED) is 0.491. The summed E-state index contributed by atoms with van der Waals surface area (Å²) in [4.78, 5) is 13.9. The van der Waals surface area contributed by atoms with Crippen molar-refractivity contribution in [3.63, 3.8) is 0 Å². The van der Waals surface area contributed by atoms with Crippen LogP contribution in [-0.4, -0.2) is 63.3 Å². The highest BCUT2D eigenvalue weighted by atomic mass is 16.5. The number of benzene rings is 1. The molecule has 7 heteroatoms. The van der Waals surface area contributed by atoms with E-state index in [0.29, 0.717) is 6.54 Å². The molecule has 0 saturated carbocycles. The van der Waals surface area contributed by atoms with Gasteiger partial charge in [-0.3, -0.25) is 0 Å². The Morgan fingerprint density at radius 1 is 1.10 bits per heavy atom. The summed E-state index contributed by atoms with van der Waals surface area (Å²) >= 11 is 0. The second-order valence-corrected chi connectivity index (χ2v) is 7.75. The first-order valence-electron chi connectivity index (χ1n) is 11.0. The second kappa shape index (κ2) is 11.4. The van der Waals surface area contributed by atoms with Crippen LogP contribution in [0.25, 0.3) is 0 Å². The highest BCUT2D eigenvalue weighted by molar-refractivity contribution is 5.79. The van der Waals surface area contributed by atoms with Crippen molar-refractivity contribution in [2.75, 3.05) is 52.3 Å². The number of ether oxygens (including phenoxy) is 2.